The largest absolute Gasteiger partial charge is 0.474 e. The highest BCUT2D eigenvalue weighted by Gasteiger charge is 2.50. The van der Waals surface area contributed by atoms with E-state index in [2.05, 4.69) is 20.5 Å². The molecule has 3 rings (SSSR count). The van der Waals surface area contributed by atoms with Gasteiger partial charge in [0.25, 0.3) is 0 Å². The number of aliphatic hydroxyl groups is 9. The first kappa shape index (κ1) is 53.4. The van der Waals surface area contributed by atoms with E-state index < -0.39 is 158 Å². The molecule has 3 saturated heterocycles. The summed E-state index contributed by atoms with van der Waals surface area (Å²) in [4.78, 5) is 65.6. The minimum atomic E-state index is -5.28. The van der Waals surface area contributed by atoms with E-state index in [1.807, 2.05) is 0 Å². The monoisotopic (exact) mass is 934 g/mol. The van der Waals surface area contributed by atoms with Gasteiger partial charge in [-0.3, -0.25) is 28.0 Å². The van der Waals surface area contributed by atoms with Crippen LogP contribution in [0.4, 0.5) is 0 Å². The number of hydrogen-bond acceptors (Lipinski definition) is 23. The van der Waals surface area contributed by atoms with Gasteiger partial charge >= 0.3 is 15.6 Å². The van der Waals surface area contributed by atoms with Crippen molar-refractivity contribution in [2.45, 2.75) is 124 Å². The predicted molar refractivity (Wildman–Crippen MR) is 193 cm³/mol. The summed E-state index contributed by atoms with van der Waals surface area (Å²) in [5, 5.41) is 98.7. The summed E-state index contributed by atoms with van der Waals surface area (Å²) in [5.74, 6) is -2.39. The van der Waals surface area contributed by atoms with Crippen molar-refractivity contribution in [3.63, 3.8) is 0 Å². The lowest BCUT2D eigenvalue weighted by molar-refractivity contribution is -0.300. The molecular weight excluding hydrogens is 878 g/mol. The van der Waals surface area contributed by atoms with Crippen molar-refractivity contribution in [3.8, 4) is 0 Å². The first-order valence-corrected chi connectivity index (χ1v) is 21.7. The van der Waals surface area contributed by atoms with Crippen LogP contribution in [-0.4, -0.2) is 223 Å². The van der Waals surface area contributed by atoms with E-state index in [1.54, 1.807) is 0 Å². The van der Waals surface area contributed by atoms with Crippen molar-refractivity contribution >= 4 is 33.4 Å². The van der Waals surface area contributed by atoms with Crippen LogP contribution in [0.5, 0.6) is 0 Å². The molecule has 3 fully saturated rings. The molecule has 3 aliphatic heterocycles. The minimum Gasteiger partial charge on any atom is -0.394 e. The van der Waals surface area contributed by atoms with Crippen LogP contribution in [0.15, 0.2) is 0 Å². The Labute approximate surface area is 346 Å². The van der Waals surface area contributed by atoms with E-state index in [0.717, 1.165) is 6.92 Å². The SMILES string of the molecule is CC(=O)N[C@H]1[C@@H](OP(=O)(O)OC[C@H]2O[C@H](OCC(=O)N[C@@H](CCCN)C(=O)NCCCO[C@H]3O[C@H](COP(=O)(O)O)[C@@H](O)[C@H](O)[C@@H]3O)[C@@H](O)[C@@H](O)[C@@H]2O)O[C@H](CO)[C@@H](O)[C@@H]1O. The Bertz CT molecular complexity index is 1500. The van der Waals surface area contributed by atoms with E-state index in [1.165, 1.54) is 0 Å². The fourth-order valence-corrected chi connectivity index (χ4v) is 7.22. The fourth-order valence-electron chi connectivity index (χ4n) is 6.04. The lowest BCUT2D eigenvalue weighted by Gasteiger charge is -2.42. The van der Waals surface area contributed by atoms with Gasteiger partial charge in [0.2, 0.25) is 17.7 Å². The summed E-state index contributed by atoms with van der Waals surface area (Å²) in [5.41, 5.74) is 5.56. The van der Waals surface area contributed by atoms with Gasteiger partial charge in [0, 0.05) is 13.5 Å². The van der Waals surface area contributed by atoms with E-state index in [-0.39, 0.29) is 39.0 Å². The van der Waals surface area contributed by atoms with E-state index in [9.17, 15) is 74.4 Å². The zero-order chi connectivity index (χ0) is 45.8. The van der Waals surface area contributed by atoms with Crippen LogP contribution < -0.4 is 21.7 Å². The van der Waals surface area contributed by atoms with E-state index in [0.29, 0.717) is 0 Å². The number of carbonyl (C=O) groups excluding carboxylic acids is 3. The Hall–Kier alpha value is -1.97. The van der Waals surface area contributed by atoms with Gasteiger partial charge in [0.15, 0.2) is 18.9 Å². The molecule has 3 aliphatic rings. The molecule has 0 saturated carbocycles. The van der Waals surface area contributed by atoms with Crippen molar-refractivity contribution in [1.29, 1.82) is 0 Å². The average molecular weight is 935 g/mol. The van der Waals surface area contributed by atoms with Crippen molar-refractivity contribution < 1.29 is 121 Å². The highest BCUT2D eigenvalue weighted by atomic mass is 31.2. The summed E-state index contributed by atoms with van der Waals surface area (Å²) >= 11 is 0. The quantitative estimate of drug-likeness (QED) is 0.0334. The highest BCUT2D eigenvalue weighted by molar-refractivity contribution is 7.47. The van der Waals surface area contributed by atoms with Crippen LogP contribution in [0.1, 0.15) is 26.2 Å². The number of nitrogens with one attached hydrogen (secondary N) is 3. The molecule has 61 heavy (non-hydrogen) atoms. The highest BCUT2D eigenvalue weighted by Crippen LogP contribution is 2.47. The van der Waals surface area contributed by atoms with Crippen LogP contribution >= 0.6 is 15.6 Å². The number of nitrogens with two attached hydrogens (primary N) is 1. The Kier molecular flexibility index (Phi) is 21.3. The third-order valence-electron chi connectivity index (χ3n) is 9.26. The number of rotatable bonds is 23. The normalized spacial score (nSPS) is 36.1. The summed E-state index contributed by atoms with van der Waals surface area (Å²) in [7, 11) is -10.2. The van der Waals surface area contributed by atoms with Gasteiger partial charge in [0.1, 0.15) is 85.8 Å². The molecule has 0 radical (unpaired) electrons. The van der Waals surface area contributed by atoms with Gasteiger partial charge in [-0.2, -0.15) is 0 Å². The van der Waals surface area contributed by atoms with E-state index >= 15 is 0 Å². The van der Waals surface area contributed by atoms with Crippen LogP contribution in [0, 0.1) is 0 Å². The second-order valence-corrected chi connectivity index (χ2v) is 16.6. The molecule has 1 unspecified atom stereocenters. The molecule has 17 N–H and O–H groups in total. The molecule has 17 atom stereocenters. The number of carbonyl (C=O) groups is 3. The maximum Gasteiger partial charge on any atom is 0.474 e. The van der Waals surface area contributed by atoms with Crippen molar-refractivity contribution in [2.75, 3.05) is 46.1 Å². The number of hydrogen-bond donors (Lipinski definition) is 16. The molecule has 3 heterocycles. The standard InChI is InChI=1S/C30H56N4O25P2/c1-12(36)33-18-22(41)19(38)14(8-35)56-28(18)59-61(50,51)55-10-16-21(40)24(43)26(45)30(58-16)53-11-17(37)34-13(4-2-5-31)27(46)32-6-3-7-52-29-25(44)23(42)20(39)15(57-29)9-54-60(47,48)49/h13-16,18-26,28-30,35,38-45H,2-11,31H2,1H3,(H,32,46)(H,33,36)(H,34,37)(H,50,51)(H2,47,48,49)/t13-,14+,15+,16+,18+,19+,20+,21+,22+,23-,24-,25-,26-,28+,29-,30-/m0/s1. The Balaban J connectivity index is 1.50. The Morgan fingerprint density at radius 3 is 1.80 bits per heavy atom. The zero-order valence-corrected chi connectivity index (χ0v) is 34.2. The number of ether oxygens (including phenoxy) is 5. The first-order valence-electron chi connectivity index (χ1n) is 18.6. The van der Waals surface area contributed by atoms with Crippen molar-refractivity contribution in [3.05, 3.63) is 0 Å². The molecule has 0 aromatic rings. The van der Waals surface area contributed by atoms with Crippen molar-refractivity contribution in [2.24, 2.45) is 5.73 Å². The number of aliphatic hydroxyl groups excluding tert-OH is 9. The molecule has 0 aromatic carbocycles. The maximum absolute atomic E-state index is 13.0. The Morgan fingerprint density at radius 2 is 1.26 bits per heavy atom. The first-order chi connectivity index (χ1) is 28.5. The maximum atomic E-state index is 13.0. The fraction of sp³-hybridized carbons (Fsp3) is 0.900. The zero-order valence-electron chi connectivity index (χ0n) is 32.5. The van der Waals surface area contributed by atoms with Crippen LogP contribution in [0.25, 0.3) is 0 Å². The summed E-state index contributed by atoms with van der Waals surface area (Å²) in [6, 6.07) is -2.82. The van der Waals surface area contributed by atoms with Gasteiger partial charge in [-0.25, -0.2) is 9.13 Å². The second-order valence-electron chi connectivity index (χ2n) is 14.0. The topological polar surface area (TPSA) is 464 Å². The van der Waals surface area contributed by atoms with Crippen LogP contribution in [-0.2, 0) is 60.8 Å². The molecular formula is C30H56N4O25P2. The third kappa shape index (κ3) is 16.2. The van der Waals surface area contributed by atoms with E-state index in [4.69, 9.17) is 48.3 Å². The van der Waals surface area contributed by atoms with Gasteiger partial charge in [-0.15, -0.1) is 0 Å². The number of phosphoric acid groups is 2. The molecule has 29 nitrogen and oxygen atoms in total. The molecule has 0 aliphatic carbocycles. The summed E-state index contributed by atoms with van der Waals surface area (Å²) in [6.45, 7) is -2.80. The summed E-state index contributed by atoms with van der Waals surface area (Å²) < 4.78 is 64.5. The number of phosphoric ester groups is 2. The molecule has 356 valence electrons. The third-order valence-corrected chi connectivity index (χ3v) is 10.7. The molecule has 3 amide bonds. The van der Waals surface area contributed by atoms with Crippen LogP contribution in [0.3, 0.4) is 0 Å². The predicted octanol–water partition coefficient (Wildman–Crippen LogP) is -8.45. The van der Waals surface area contributed by atoms with Gasteiger partial charge in [0.05, 0.1) is 26.4 Å². The Morgan fingerprint density at radius 1 is 0.721 bits per heavy atom. The smallest absolute Gasteiger partial charge is 0.394 e. The summed E-state index contributed by atoms with van der Waals surface area (Å²) in [6.07, 6.45) is -24.7. The number of amides is 3. The van der Waals surface area contributed by atoms with Gasteiger partial charge in [-0.05, 0) is 25.8 Å². The molecule has 0 aromatic heterocycles. The molecule has 0 spiro atoms. The molecule has 31 heteroatoms. The average Bonchev–Trinajstić information content (AvgIpc) is 3.19. The van der Waals surface area contributed by atoms with Crippen LogP contribution in [0.2, 0.25) is 0 Å². The van der Waals surface area contributed by atoms with Gasteiger partial charge < -0.3 is 106 Å². The molecule has 0 bridgehead atoms. The van der Waals surface area contributed by atoms with Crippen molar-refractivity contribution in [1.82, 2.24) is 16.0 Å². The van der Waals surface area contributed by atoms with Gasteiger partial charge in [-0.1, -0.05) is 0 Å². The minimum absolute atomic E-state index is 0.0405. The lowest BCUT2D eigenvalue weighted by atomic mass is 9.97. The second kappa shape index (κ2) is 24.4. The lowest BCUT2D eigenvalue weighted by Crippen LogP contribution is -2.64.